The number of ether oxygens (including phenoxy) is 5. The highest BCUT2D eigenvalue weighted by atomic mass is 35.5. The van der Waals surface area contributed by atoms with Crippen molar-refractivity contribution in [2.45, 2.75) is 64.2 Å². The van der Waals surface area contributed by atoms with Crippen LogP contribution >= 0.6 is 23.2 Å². The second-order valence-corrected chi connectivity index (χ2v) is 8.74. The number of halogens is 2. The van der Waals surface area contributed by atoms with Gasteiger partial charge in [-0.2, -0.15) is 0 Å². The van der Waals surface area contributed by atoms with E-state index in [0.717, 1.165) is 17.5 Å². The summed E-state index contributed by atoms with van der Waals surface area (Å²) in [5.41, 5.74) is 1.96. The lowest BCUT2D eigenvalue weighted by atomic mass is 10.1. The highest BCUT2D eigenvalue weighted by Gasteiger charge is 2.49. The molecule has 1 fully saturated rings. The maximum absolute atomic E-state index is 10.8. The summed E-state index contributed by atoms with van der Waals surface area (Å²) >= 11 is 12.0. The summed E-state index contributed by atoms with van der Waals surface area (Å²) in [6.07, 6.45) is -2.51. The molecule has 1 aliphatic heterocycles. The Hall–Kier alpha value is -1.22. The first-order valence-electron chi connectivity index (χ1n) is 11.3. The molecule has 1 unspecified atom stereocenters. The van der Waals surface area contributed by atoms with E-state index in [1.54, 1.807) is 0 Å². The lowest BCUT2D eigenvalue weighted by molar-refractivity contribution is -0.189. The van der Waals surface area contributed by atoms with Crippen LogP contribution in [0.15, 0.2) is 48.5 Å². The van der Waals surface area contributed by atoms with Crippen molar-refractivity contribution in [2.24, 2.45) is 0 Å². The van der Waals surface area contributed by atoms with E-state index in [2.05, 4.69) is 0 Å². The van der Waals surface area contributed by atoms with Gasteiger partial charge < -0.3 is 28.8 Å². The Labute approximate surface area is 205 Å². The van der Waals surface area contributed by atoms with Gasteiger partial charge >= 0.3 is 0 Å². The Morgan fingerprint density at radius 2 is 1.52 bits per heavy atom. The number of benzene rings is 2. The van der Waals surface area contributed by atoms with Crippen molar-refractivity contribution < 1.29 is 28.8 Å². The molecule has 0 bridgehead atoms. The second kappa shape index (κ2) is 13.6. The summed E-state index contributed by atoms with van der Waals surface area (Å²) in [7, 11) is 0. The molecule has 2 aromatic carbocycles. The molecule has 6 nitrogen and oxygen atoms in total. The van der Waals surface area contributed by atoms with E-state index >= 15 is 0 Å². The number of rotatable bonds is 13. The minimum atomic E-state index is -0.917. The Morgan fingerprint density at radius 1 is 0.909 bits per heavy atom. The molecule has 0 saturated carbocycles. The quantitative estimate of drug-likeness (QED) is 0.418. The minimum Gasteiger partial charge on any atom is -0.385 e. The average Bonchev–Trinajstić information content (AvgIpc) is 3.12. The molecule has 0 amide bonds. The van der Waals surface area contributed by atoms with E-state index in [1.807, 2.05) is 62.4 Å². The minimum absolute atomic E-state index is 0.248. The van der Waals surface area contributed by atoms with Crippen LogP contribution in [0.2, 0.25) is 10.0 Å². The third-order valence-electron chi connectivity index (χ3n) is 5.28. The third kappa shape index (κ3) is 7.91. The summed E-state index contributed by atoms with van der Waals surface area (Å²) in [6, 6.07) is 14.9. The summed E-state index contributed by atoms with van der Waals surface area (Å²) in [5.74, 6) is 0. The van der Waals surface area contributed by atoms with E-state index in [-0.39, 0.29) is 6.61 Å². The van der Waals surface area contributed by atoms with Crippen molar-refractivity contribution in [1.29, 1.82) is 0 Å². The molecule has 1 heterocycles. The Morgan fingerprint density at radius 3 is 2.09 bits per heavy atom. The lowest BCUT2D eigenvalue weighted by Crippen LogP contribution is -2.44. The van der Waals surface area contributed by atoms with Gasteiger partial charge in [0, 0.05) is 23.3 Å². The van der Waals surface area contributed by atoms with Gasteiger partial charge in [-0.1, -0.05) is 54.4 Å². The molecule has 5 atom stereocenters. The summed E-state index contributed by atoms with van der Waals surface area (Å²) in [4.78, 5) is 0. The number of hydrogen-bond acceptors (Lipinski definition) is 6. The van der Waals surface area contributed by atoms with E-state index in [9.17, 15) is 5.11 Å². The molecule has 1 saturated heterocycles. The highest BCUT2D eigenvalue weighted by molar-refractivity contribution is 6.30. The first-order chi connectivity index (χ1) is 16.0. The van der Waals surface area contributed by atoms with Crippen LogP contribution in [-0.2, 0) is 36.9 Å². The zero-order valence-electron chi connectivity index (χ0n) is 19.0. The van der Waals surface area contributed by atoms with Crippen molar-refractivity contribution in [2.75, 3.05) is 19.8 Å². The molecule has 0 spiro atoms. The van der Waals surface area contributed by atoms with Crippen LogP contribution < -0.4 is 0 Å². The third-order valence-corrected chi connectivity index (χ3v) is 5.79. The largest absolute Gasteiger partial charge is 0.385 e. The van der Waals surface area contributed by atoms with Gasteiger partial charge in [0.15, 0.2) is 6.29 Å². The van der Waals surface area contributed by atoms with Crippen LogP contribution in [0, 0.1) is 0 Å². The molecule has 182 valence electrons. The van der Waals surface area contributed by atoms with Crippen LogP contribution in [0.1, 0.15) is 31.4 Å². The van der Waals surface area contributed by atoms with Crippen molar-refractivity contribution in [3.63, 3.8) is 0 Å². The molecule has 0 aliphatic carbocycles. The molecule has 2 aromatic rings. The van der Waals surface area contributed by atoms with Crippen molar-refractivity contribution in [3.8, 4) is 0 Å². The van der Waals surface area contributed by atoms with Gasteiger partial charge in [0.1, 0.15) is 24.4 Å². The smallest absolute Gasteiger partial charge is 0.186 e. The highest BCUT2D eigenvalue weighted by Crippen LogP contribution is 2.29. The first kappa shape index (κ1) is 26.4. The van der Waals surface area contributed by atoms with E-state index in [4.69, 9.17) is 46.9 Å². The summed E-state index contributed by atoms with van der Waals surface area (Å²) in [5, 5.41) is 12.1. The van der Waals surface area contributed by atoms with Gasteiger partial charge in [-0.25, -0.2) is 0 Å². The molecule has 1 aliphatic rings. The zero-order valence-corrected chi connectivity index (χ0v) is 20.5. The normalized spacial score (nSPS) is 23.7. The van der Waals surface area contributed by atoms with Gasteiger partial charge in [0.25, 0.3) is 0 Å². The molecular weight excluding hydrogens is 467 g/mol. The Kier molecular flexibility index (Phi) is 10.9. The van der Waals surface area contributed by atoms with Gasteiger partial charge in [-0.15, -0.1) is 0 Å². The predicted molar refractivity (Wildman–Crippen MR) is 127 cm³/mol. The Bertz CT molecular complexity index is 817. The number of aliphatic hydroxyl groups is 1. The van der Waals surface area contributed by atoms with E-state index in [1.165, 1.54) is 0 Å². The van der Waals surface area contributed by atoms with E-state index in [0.29, 0.717) is 36.5 Å². The van der Waals surface area contributed by atoms with Gasteiger partial charge in [-0.05, 0) is 48.7 Å². The molecular formula is C25H32Cl2O6. The molecule has 0 aromatic heterocycles. The maximum atomic E-state index is 10.8. The summed E-state index contributed by atoms with van der Waals surface area (Å²) in [6.45, 7) is 5.76. The van der Waals surface area contributed by atoms with E-state index < -0.39 is 30.7 Å². The van der Waals surface area contributed by atoms with Crippen molar-refractivity contribution >= 4 is 23.2 Å². The zero-order chi connectivity index (χ0) is 23.6. The maximum Gasteiger partial charge on any atom is 0.186 e. The average molecular weight is 499 g/mol. The SMILES string of the molecule is CCCO[C@H]1[C@@H]([C@@H](COCc2ccc(Cl)cc2)OCc2ccc(Cl)cc2)OC(OCC)[C@@H]1O. The monoisotopic (exact) mass is 498 g/mol. The fraction of sp³-hybridized carbons (Fsp3) is 0.520. The topological polar surface area (TPSA) is 66.4 Å². The second-order valence-electron chi connectivity index (χ2n) is 7.87. The molecule has 1 N–H and O–H groups in total. The number of aliphatic hydroxyl groups excluding tert-OH is 1. The Balaban J connectivity index is 1.71. The van der Waals surface area contributed by atoms with Crippen molar-refractivity contribution in [1.82, 2.24) is 0 Å². The molecule has 8 heteroatoms. The standard InChI is InChI=1S/C25H32Cl2O6/c1-3-13-31-24-22(28)25(30-4-2)33-23(24)21(32-15-18-7-11-20(27)12-8-18)16-29-14-17-5-9-19(26)10-6-17/h5-12,21-25,28H,3-4,13-16H2,1-2H3/t21-,22-,23-,24-,25?/m1/s1. The predicted octanol–water partition coefficient (Wildman–Crippen LogP) is 5.01. The molecule has 0 radical (unpaired) electrons. The number of hydrogen-bond donors (Lipinski definition) is 1. The van der Waals surface area contributed by atoms with Gasteiger partial charge in [-0.3, -0.25) is 0 Å². The fourth-order valence-electron chi connectivity index (χ4n) is 3.61. The van der Waals surface area contributed by atoms with Gasteiger partial charge in [0.2, 0.25) is 0 Å². The van der Waals surface area contributed by atoms with Gasteiger partial charge in [0.05, 0.1) is 19.8 Å². The lowest BCUT2D eigenvalue weighted by Gasteiger charge is -2.28. The molecule has 33 heavy (non-hydrogen) atoms. The van der Waals surface area contributed by atoms with Crippen LogP contribution in [0.4, 0.5) is 0 Å². The molecule has 3 rings (SSSR count). The summed E-state index contributed by atoms with van der Waals surface area (Å²) < 4.78 is 29.8. The van der Waals surface area contributed by atoms with Crippen molar-refractivity contribution in [3.05, 3.63) is 69.7 Å². The van der Waals surface area contributed by atoms with Crippen LogP contribution in [0.25, 0.3) is 0 Å². The van der Waals surface area contributed by atoms with Crippen LogP contribution in [0.5, 0.6) is 0 Å². The van der Waals surface area contributed by atoms with Crippen LogP contribution in [0.3, 0.4) is 0 Å². The fourth-order valence-corrected chi connectivity index (χ4v) is 3.86. The first-order valence-corrected chi connectivity index (χ1v) is 12.0. The van der Waals surface area contributed by atoms with Crippen LogP contribution in [-0.4, -0.2) is 55.6 Å².